The normalized spacial score (nSPS) is 14.8. The Kier molecular flexibility index (Phi) is 10.7. The zero-order valence-electron chi connectivity index (χ0n) is 24.5. The second-order valence-corrected chi connectivity index (χ2v) is 13.5. The first kappa shape index (κ1) is 31.6. The third-order valence-corrected chi connectivity index (χ3v) is 9.88. The Morgan fingerprint density at radius 2 is 1.50 bits per heavy atom. The Hall–Kier alpha value is -3.36. The highest BCUT2D eigenvalue weighted by Gasteiger charge is 2.33. The van der Waals surface area contributed by atoms with Crippen LogP contribution in [-0.4, -0.2) is 43.8 Å². The summed E-state index contributed by atoms with van der Waals surface area (Å²) in [5.74, 6) is -0.468. The molecule has 1 N–H and O–H groups in total. The van der Waals surface area contributed by atoms with E-state index in [1.165, 1.54) is 17.0 Å². The van der Waals surface area contributed by atoms with Crippen LogP contribution in [0.1, 0.15) is 69.9 Å². The predicted octanol–water partition coefficient (Wildman–Crippen LogP) is 6.52. The predicted molar refractivity (Wildman–Crippen MR) is 168 cm³/mol. The Balaban J connectivity index is 1.67. The average molecular weight is 610 g/mol. The molecule has 42 heavy (non-hydrogen) atoms. The Bertz CT molecular complexity index is 1440. The largest absolute Gasteiger partial charge is 0.352 e. The molecule has 3 aromatic carbocycles. The van der Waals surface area contributed by atoms with Gasteiger partial charge in [0.1, 0.15) is 12.6 Å². The molecule has 2 amide bonds. The molecule has 4 rings (SSSR count). The average Bonchev–Trinajstić information content (AvgIpc) is 3.00. The fraction of sp³-hybridized carbons (Fsp3) is 0.394. The molecule has 3 aromatic rings. The van der Waals surface area contributed by atoms with Crippen molar-refractivity contribution in [2.24, 2.45) is 0 Å². The second-order valence-electron chi connectivity index (χ2n) is 11.2. The van der Waals surface area contributed by atoms with Gasteiger partial charge in [-0.25, -0.2) is 8.42 Å². The summed E-state index contributed by atoms with van der Waals surface area (Å²) in [4.78, 5) is 29.1. The summed E-state index contributed by atoms with van der Waals surface area (Å²) in [6.07, 6.45) is 5.12. The first-order chi connectivity index (χ1) is 20.1. The van der Waals surface area contributed by atoms with Crippen molar-refractivity contribution >= 4 is 39.1 Å². The third-order valence-electron chi connectivity index (χ3n) is 7.84. The number of nitrogens with one attached hydrogen (secondary N) is 1. The smallest absolute Gasteiger partial charge is 0.264 e. The monoisotopic (exact) mass is 609 g/mol. The molecule has 1 aliphatic rings. The molecular weight excluding hydrogens is 570 g/mol. The Labute approximate surface area is 254 Å². The number of sulfonamides is 1. The van der Waals surface area contributed by atoms with Crippen LogP contribution in [-0.2, 0) is 26.2 Å². The van der Waals surface area contributed by atoms with E-state index in [2.05, 4.69) is 19.2 Å². The topological polar surface area (TPSA) is 86.8 Å². The van der Waals surface area contributed by atoms with Gasteiger partial charge in [0.15, 0.2) is 0 Å². The summed E-state index contributed by atoms with van der Waals surface area (Å²) >= 11 is 6.09. The van der Waals surface area contributed by atoms with Crippen LogP contribution in [0.3, 0.4) is 0 Å². The lowest BCUT2D eigenvalue weighted by molar-refractivity contribution is -0.139. The van der Waals surface area contributed by atoms with Crippen molar-refractivity contribution in [3.8, 4) is 0 Å². The van der Waals surface area contributed by atoms with Crippen molar-refractivity contribution in [1.29, 1.82) is 0 Å². The van der Waals surface area contributed by atoms with E-state index >= 15 is 0 Å². The summed E-state index contributed by atoms with van der Waals surface area (Å²) in [5, 5.41) is 3.68. The highest BCUT2D eigenvalue weighted by atomic mass is 35.5. The number of nitrogens with zero attached hydrogens (tertiary/aromatic N) is 2. The standard InChI is InChI=1S/C33H40ClN3O4S/c1-24(2)27-16-20-30(21-17-27)37(42(40,41)31-12-8-5-9-13-31)23-32(38)36(22-26-14-18-28(34)19-15-26)25(3)33(39)35-29-10-6-4-7-11-29/h5,8-9,12-21,24-25,29H,4,6-7,10-11,22-23H2,1-3H3,(H,35,39)/t25-/m0/s1. The van der Waals surface area contributed by atoms with Crippen LogP contribution in [0.15, 0.2) is 83.8 Å². The van der Waals surface area contributed by atoms with Crippen LogP contribution in [0.25, 0.3) is 0 Å². The molecule has 0 aromatic heterocycles. The molecule has 1 aliphatic carbocycles. The van der Waals surface area contributed by atoms with E-state index in [4.69, 9.17) is 11.6 Å². The van der Waals surface area contributed by atoms with Gasteiger partial charge in [-0.1, -0.05) is 87.2 Å². The maximum Gasteiger partial charge on any atom is 0.264 e. The van der Waals surface area contributed by atoms with E-state index in [9.17, 15) is 18.0 Å². The summed E-state index contributed by atoms with van der Waals surface area (Å²) in [5.41, 5.74) is 2.21. The van der Waals surface area contributed by atoms with Crippen LogP contribution >= 0.6 is 11.6 Å². The number of benzene rings is 3. The zero-order valence-corrected chi connectivity index (χ0v) is 26.1. The lowest BCUT2D eigenvalue weighted by Crippen LogP contribution is -2.53. The molecule has 0 unspecified atom stereocenters. The number of anilines is 1. The molecule has 1 saturated carbocycles. The lowest BCUT2D eigenvalue weighted by Gasteiger charge is -2.33. The van der Waals surface area contributed by atoms with E-state index in [1.54, 1.807) is 61.5 Å². The van der Waals surface area contributed by atoms with Crippen molar-refractivity contribution in [3.05, 3.63) is 95.0 Å². The summed E-state index contributed by atoms with van der Waals surface area (Å²) in [6.45, 7) is 5.48. The van der Waals surface area contributed by atoms with Gasteiger partial charge in [-0.2, -0.15) is 0 Å². The molecule has 9 heteroatoms. The molecular formula is C33H40ClN3O4S. The molecule has 0 radical (unpaired) electrons. The Morgan fingerprint density at radius 1 is 0.881 bits per heavy atom. The van der Waals surface area contributed by atoms with Crippen molar-refractivity contribution in [3.63, 3.8) is 0 Å². The van der Waals surface area contributed by atoms with Gasteiger partial charge in [0.25, 0.3) is 10.0 Å². The van der Waals surface area contributed by atoms with Gasteiger partial charge in [-0.05, 0) is 73.2 Å². The molecule has 0 saturated heterocycles. The van der Waals surface area contributed by atoms with Gasteiger partial charge in [-0.15, -0.1) is 0 Å². The number of rotatable bonds is 11. The fourth-order valence-corrected chi connectivity index (χ4v) is 6.77. The van der Waals surface area contributed by atoms with Gasteiger partial charge in [0.05, 0.1) is 10.6 Å². The van der Waals surface area contributed by atoms with Crippen LogP contribution in [0.5, 0.6) is 0 Å². The molecule has 7 nitrogen and oxygen atoms in total. The number of carbonyl (C=O) groups is 2. The molecule has 1 atom stereocenters. The van der Waals surface area contributed by atoms with Crippen molar-refractivity contribution < 1.29 is 18.0 Å². The quantitative estimate of drug-likeness (QED) is 0.268. The summed E-state index contributed by atoms with van der Waals surface area (Å²) in [7, 11) is -4.10. The fourth-order valence-electron chi connectivity index (χ4n) is 5.21. The van der Waals surface area contributed by atoms with Crippen LogP contribution < -0.4 is 9.62 Å². The van der Waals surface area contributed by atoms with Gasteiger partial charge < -0.3 is 10.2 Å². The highest BCUT2D eigenvalue weighted by Crippen LogP contribution is 2.27. The van der Waals surface area contributed by atoms with E-state index in [-0.39, 0.29) is 29.3 Å². The minimum atomic E-state index is -4.10. The van der Waals surface area contributed by atoms with Gasteiger partial charge in [0.2, 0.25) is 11.8 Å². The first-order valence-electron chi connectivity index (χ1n) is 14.6. The molecule has 0 aliphatic heterocycles. The Morgan fingerprint density at radius 3 is 2.10 bits per heavy atom. The number of amides is 2. The number of carbonyl (C=O) groups excluding carboxylic acids is 2. The maximum atomic E-state index is 14.1. The summed E-state index contributed by atoms with van der Waals surface area (Å²) < 4.78 is 29.0. The highest BCUT2D eigenvalue weighted by molar-refractivity contribution is 7.92. The molecule has 0 heterocycles. The van der Waals surface area contributed by atoms with Crippen molar-refractivity contribution in [2.75, 3.05) is 10.8 Å². The van der Waals surface area contributed by atoms with Crippen LogP contribution in [0.4, 0.5) is 5.69 Å². The van der Waals surface area contributed by atoms with Crippen LogP contribution in [0, 0.1) is 0 Å². The molecule has 1 fully saturated rings. The molecule has 224 valence electrons. The van der Waals surface area contributed by atoms with Crippen molar-refractivity contribution in [1.82, 2.24) is 10.2 Å². The minimum absolute atomic E-state index is 0.0793. The van der Waals surface area contributed by atoms with Crippen LogP contribution in [0.2, 0.25) is 5.02 Å². The van der Waals surface area contributed by atoms with E-state index in [0.29, 0.717) is 10.7 Å². The number of hydrogen-bond acceptors (Lipinski definition) is 4. The maximum absolute atomic E-state index is 14.1. The number of hydrogen-bond donors (Lipinski definition) is 1. The second kappa shape index (κ2) is 14.2. The summed E-state index contributed by atoms with van der Waals surface area (Å²) in [6, 6.07) is 21.6. The SMILES string of the molecule is CC(C)c1ccc(N(CC(=O)N(Cc2ccc(Cl)cc2)[C@@H](C)C(=O)NC2CCCCC2)S(=O)(=O)c2ccccc2)cc1. The van der Waals surface area contributed by atoms with E-state index in [0.717, 1.165) is 47.5 Å². The first-order valence-corrected chi connectivity index (χ1v) is 16.4. The molecule has 0 spiro atoms. The zero-order chi connectivity index (χ0) is 30.3. The number of halogens is 1. The molecule has 0 bridgehead atoms. The van der Waals surface area contributed by atoms with Gasteiger partial charge in [0, 0.05) is 17.6 Å². The minimum Gasteiger partial charge on any atom is -0.352 e. The van der Waals surface area contributed by atoms with E-state index < -0.39 is 28.5 Å². The van der Waals surface area contributed by atoms with E-state index in [1.807, 2.05) is 12.1 Å². The van der Waals surface area contributed by atoms with Crippen molar-refractivity contribution in [2.45, 2.75) is 82.3 Å². The van der Waals surface area contributed by atoms with Gasteiger partial charge in [-0.3, -0.25) is 13.9 Å². The third kappa shape index (κ3) is 7.92. The lowest BCUT2D eigenvalue weighted by atomic mass is 9.95. The van der Waals surface area contributed by atoms with Gasteiger partial charge >= 0.3 is 0 Å².